The van der Waals surface area contributed by atoms with Crippen molar-refractivity contribution in [1.82, 2.24) is 9.88 Å². The topological polar surface area (TPSA) is 45.7 Å². The van der Waals surface area contributed by atoms with Crippen LogP contribution in [0.15, 0.2) is 42.5 Å². The van der Waals surface area contributed by atoms with Crippen molar-refractivity contribution in [2.45, 2.75) is 13.8 Å². The molecule has 0 unspecified atom stereocenters. The first-order valence-corrected chi connectivity index (χ1v) is 9.87. The number of aromatic nitrogens is 1. The highest BCUT2D eigenvalue weighted by Crippen LogP contribution is 2.31. The van der Waals surface area contributed by atoms with Crippen LogP contribution >= 0.6 is 23.7 Å². The van der Waals surface area contributed by atoms with Gasteiger partial charge in [0.25, 0.3) is 5.91 Å². The summed E-state index contributed by atoms with van der Waals surface area (Å²) in [5.74, 6) is 0.723. The third-order valence-electron chi connectivity index (χ3n) is 4.27. The van der Waals surface area contributed by atoms with Crippen LogP contribution in [0.25, 0.3) is 10.2 Å². The first-order chi connectivity index (χ1) is 13.0. The van der Waals surface area contributed by atoms with Crippen molar-refractivity contribution in [2.24, 2.45) is 0 Å². The molecule has 0 aliphatic carbocycles. The maximum atomic E-state index is 13.2. The quantitative estimate of drug-likeness (QED) is 0.560. The highest BCUT2D eigenvalue weighted by Gasteiger charge is 2.21. The normalized spacial score (nSPS) is 10.8. The Hall–Kier alpha value is -2.15. The Balaban J connectivity index is 0.00000280. The van der Waals surface area contributed by atoms with E-state index in [0.29, 0.717) is 18.7 Å². The molecule has 0 saturated heterocycles. The molecule has 0 spiro atoms. The Kier molecular flexibility index (Phi) is 7.80. The van der Waals surface area contributed by atoms with Crippen molar-refractivity contribution < 1.29 is 9.53 Å². The monoisotopic (exact) mass is 419 g/mol. The summed E-state index contributed by atoms with van der Waals surface area (Å²) in [7, 11) is 4.00. The van der Waals surface area contributed by atoms with Gasteiger partial charge in [0.05, 0.1) is 16.8 Å². The van der Waals surface area contributed by atoms with Crippen molar-refractivity contribution >= 4 is 45.0 Å². The summed E-state index contributed by atoms with van der Waals surface area (Å²) < 4.78 is 6.57. The minimum absolute atomic E-state index is 0. The molecule has 0 N–H and O–H groups in total. The van der Waals surface area contributed by atoms with E-state index in [1.807, 2.05) is 64.3 Å². The van der Waals surface area contributed by atoms with Gasteiger partial charge in [-0.3, -0.25) is 9.69 Å². The Morgan fingerprint density at radius 2 is 1.82 bits per heavy atom. The van der Waals surface area contributed by atoms with Crippen molar-refractivity contribution in [3.05, 3.63) is 53.6 Å². The molecular formula is C21H26ClN3O2S. The van der Waals surface area contributed by atoms with E-state index in [9.17, 15) is 4.79 Å². The lowest BCUT2D eigenvalue weighted by atomic mass is 10.2. The minimum atomic E-state index is -0.0448. The second kappa shape index (κ2) is 9.87. The van der Waals surface area contributed by atoms with Gasteiger partial charge in [0.15, 0.2) is 5.13 Å². The zero-order valence-corrected chi connectivity index (χ0v) is 18.3. The molecule has 2 aromatic carbocycles. The number of nitrogens with zero attached hydrogens (tertiary/aromatic N) is 3. The van der Waals surface area contributed by atoms with E-state index in [4.69, 9.17) is 9.72 Å². The summed E-state index contributed by atoms with van der Waals surface area (Å²) in [4.78, 5) is 21.8. The highest BCUT2D eigenvalue weighted by molar-refractivity contribution is 7.22. The number of thiazole rings is 1. The fourth-order valence-electron chi connectivity index (χ4n) is 2.79. The van der Waals surface area contributed by atoms with E-state index in [1.54, 1.807) is 16.2 Å². The molecule has 0 atom stereocenters. The predicted octanol–water partition coefficient (Wildman–Crippen LogP) is 4.63. The van der Waals surface area contributed by atoms with Crippen LogP contribution in [0.4, 0.5) is 5.13 Å². The van der Waals surface area contributed by atoms with E-state index in [-0.39, 0.29) is 18.3 Å². The molecular weight excluding hydrogens is 394 g/mol. The number of anilines is 1. The number of likely N-dealkylation sites (N-methyl/N-ethyl adjacent to an activating group) is 1. The van der Waals surface area contributed by atoms with Gasteiger partial charge in [-0.1, -0.05) is 23.5 Å². The lowest BCUT2D eigenvalue weighted by molar-refractivity contribution is 0.0985. The molecule has 0 bridgehead atoms. The van der Waals surface area contributed by atoms with E-state index < -0.39 is 0 Å². The zero-order valence-electron chi connectivity index (χ0n) is 16.6. The van der Waals surface area contributed by atoms with Crippen LogP contribution in [0.3, 0.4) is 0 Å². The standard InChI is InChI=1S/C21H25N3O2S.ClH/c1-5-26-17-11-9-16(10-12-17)20(25)24(14-13-23(3)4)21-22-19-15(2)7-6-8-18(19)27-21;/h6-12H,5,13-14H2,1-4H3;1H. The van der Waals surface area contributed by atoms with Gasteiger partial charge in [0, 0.05) is 18.7 Å². The second-order valence-corrected chi connectivity index (χ2v) is 7.64. The van der Waals surface area contributed by atoms with E-state index >= 15 is 0 Å². The molecule has 0 aliphatic heterocycles. The van der Waals surface area contributed by atoms with Gasteiger partial charge in [-0.05, 0) is 63.8 Å². The summed E-state index contributed by atoms with van der Waals surface area (Å²) in [5, 5.41) is 0.736. The molecule has 150 valence electrons. The number of hydrogen-bond donors (Lipinski definition) is 0. The molecule has 3 aromatic rings. The predicted molar refractivity (Wildman–Crippen MR) is 119 cm³/mol. The zero-order chi connectivity index (χ0) is 19.4. The summed E-state index contributed by atoms with van der Waals surface area (Å²) in [6.45, 7) is 5.93. The van der Waals surface area contributed by atoms with Crippen LogP contribution in [0.2, 0.25) is 0 Å². The first-order valence-electron chi connectivity index (χ1n) is 9.05. The minimum Gasteiger partial charge on any atom is -0.494 e. The number of carbonyl (C=O) groups is 1. The van der Waals surface area contributed by atoms with Gasteiger partial charge in [-0.2, -0.15) is 0 Å². The molecule has 1 heterocycles. The van der Waals surface area contributed by atoms with Gasteiger partial charge in [-0.15, -0.1) is 12.4 Å². The fourth-order valence-corrected chi connectivity index (χ4v) is 3.86. The molecule has 1 amide bonds. The number of rotatable bonds is 7. The number of hydrogen-bond acceptors (Lipinski definition) is 5. The van der Waals surface area contributed by atoms with E-state index in [0.717, 1.165) is 33.2 Å². The van der Waals surface area contributed by atoms with Gasteiger partial charge in [0.1, 0.15) is 5.75 Å². The van der Waals surface area contributed by atoms with Crippen LogP contribution in [0.1, 0.15) is 22.8 Å². The molecule has 28 heavy (non-hydrogen) atoms. The summed E-state index contributed by atoms with van der Waals surface area (Å²) >= 11 is 1.56. The largest absolute Gasteiger partial charge is 0.494 e. The van der Waals surface area contributed by atoms with Gasteiger partial charge >= 0.3 is 0 Å². The van der Waals surface area contributed by atoms with Crippen LogP contribution in [-0.2, 0) is 0 Å². The fraction of sp³-hybridized carbons (Fsp3) is 0.333. The molecule has 0 radical (unpaired) electrons. The van der Waals surface area contributed by atoms with Crippen LogP contribution in [-0.4, -0.2) is 49.6 Å². The molecule has 0 saturated carbocycles. The van der Waals surface area contributed by atoms with E-state index in [1.165, 1.54) is 0 Å². The third kappa shape index (κ3) is 5.01. The smallest absolute Gasteiger partial charge is 0.260 e. The molecule has 0 aliphatic rings. The highest BCUT2D eigenvalue weighted by atomic mass is 35.5. The summed E-state index contributed by atoms with van der Waals surface area (Å²) in [6, 6.07) is 13.4. The number of aryl methyl sites for hydroxylation is 1. The lowest BCUT2D eigenvalue weighted by Gasteiger charge is -2.22. The number of benzene rings is 2. The van der Waals surface area contributed by atoms with Crippen molar-refractivity contribution in [3.8, 4) is 5.75 Å². The first kappa shape index (κ1) is 22.1. The summed E-state index contributed by atoms with van der Waals surface area (Å²) in [5.41, 5.74) is 2.72. The van der Waals surface area contributed by atoms with Crippen molar-refractivity contribution in [1.29, 1.82) is 0 Å². The van der Waals surface area contributed by atoms with Gasteiger partial charge in [-0.25, -0.2) is 4.98 Å². The van der Waals surface area contributed by atoms with Crippen LogP contribution in [0, 0.1) is 6.92 Å². The Labute approximate surface area is 176 Å². The number of amides is 1. The maximum absolute atomic E-state index is 13.2. The molecule has 3 rings (SSSR count). The third-order valence-corrected chi connectivity index (χ3v) is 5.31. The number of ether oxygens (including phenoxy) is 1. The molecule has 1 aromatic heterocycles. The Morgan fingerprint density at radius 3 is 2.43 bits per heavy atom. The summed E-state index contributed by atoms with van der Waals surface area (Å²) in [6.07, 6.45) is 0. The van der Waals surface area contributed by atoms with Crippen LogP contribution < -0.4 is 9.64 Å². The molecule has 5 nitrogen and oxygen atoms in total. The van der Waals surface area contributed by atoms with Gasteiger partial charge in [0.2, 0.25) is 0 Å². The van der Waals surface area contributed by atoms with Crippen LogP contribution in [0.5, 0.6) is 5.75 Å². The number of carbonyl (C=O) groups excluding carboxylic acids is 1. The number of halogens is 1. The van der Waals surface area contributed by atoms with Crippen molar-refractivity contribution in [2.75, 3.05) is 38.7 Å². The SMILES string of the molecule is CCOc1ccc(C(=O)N(CCN(C)C)c2nc3c(C)cccc3s2)cc1.Cl. The Morgan fingerprint density at radius 1 is 1.11 bits per heavy atom. The maximum Gasteiger partial charge on any atom is 0.260 e. The average Bonchev–Trinajstić information content (AvgIpc) is 3.08. The molecule has 0 fully saturated rings. The van der Waals surface area contributed by atoms with E-state index in [2.05, 4.69) is 11.0 Å². The lowest BCUT2D eigenvalue weighted by Crippen LogP contribution is -2.36. The van der Waals surface area contributed by atoms with Gasteiger partial charge < -0.3 is 9.64 Å². The Bertz CT molecular complexity index is 925. The van der Waals surface area contributed by atoms with Crippen molar-refractivity contribution in [3.63, 3.8) is 0 Å². The second-order valence-electron chi connectivity index (χ2n) is 6.64. The molecule has 7 heteroatoms. The number of fused-ring (bicyclic) bond motifs is 1. The average molecular weight is 420 g/mol. The number of para-hydroxylation sites is 1.